The molecule has 0 radical (unpaired) electrons. The first-order valence-corrected chi connectivity index (χ1v) is 12.6. The van der Waals surface area contributed by atoms with Crippen LogP contribution in [0.3, 0.4) is 0 Å². The lowest BCUT2D eigenvalue weighted by atomic mass is 10.1. The summed E-state index contributed by atoms with van der Waals surface area (Å²) in [6, 6.07) is 8.78. The van der Waals surface area contributed by atoms with E-state index in [0.29, 0.717) is 43.5 Å². The lowest BCUT2D eigenvalue weighted by Gasteiger charge is -2.10. The van der Waals surface area contributed by atoms with Crippen molar-refractivity contribution in [2.24, 2.45) is 0 Å². The number of nitrogens with one attached hydrogen (secondary N) is 1. The third kappa shape index (κ3) is 5.15. The zero-order valence-electron chi connectivity index (χ0n) is 20.5. The van der Waals surface area contributed by atoms with Crippen molar-refractivity contribution in [3.8, 4) is 22.2 Å². The number of aromatic nitrogens is 4. The number of carbonyl (C=O) groups is 1. The summed E-state index contributed by atoms with van der Waals surface area (Å²) in [7, 11) is 1.53. The highest BCUT2D eigenvalue weighted by atomic mass is 35.5. The molecule has 0 spiro atoms. The topological polar surface area (TPSA) is 108 Å². The molecule has 0 saturated heterocycles. The number of nitrogens with zero attached hydrogens (tertiary/aromatic N) is 4. The fourth-order valence-electron chi connectivity index (χ4n) is 3.76. The third-order valence-electron chi connectivity index (χ3n) is 5.56. The first-order chi connectivity index (χ1) is 18.3. The predicted molar refractivity (Wildman–Crippen MR) is 144 cm³/mol. The molecule has 1 amide bonds. The van der Waals surface area contributed by atoms with E-state index in [1.807, 2.05) is 19.1 Å². The Hall–Kier alpha value is -4.09. The molecule has 0 aliphatic carbocycles. The SMILES string of the molecule is COc1cnc2c(-c3nc4c(Cl)c(F)c(OCCOC(=O)Nc5cccnc5C)cc4s3)cc(C)cc2n1. The Balaban J connectivity index is 1.34. The number of anilines is 1. The van der Waals surface area contributed by atoms with E-state index in [-0.39, 0.29) is 24.0 Å². The molecule has 0 fully saturated rings. The van der Waals surface area contributed by atoms with Crippen molar-refractivity contribution in [3.63, 3.8) is 0 Å². The summed E-state index contributed by atoms with van der Waals surface area (Å²) < 4.78 is 31.5. The van der Waals surface area contributed by atoms with Gasteiger partial charge in [0.05, 0.1) is 40.4 Å². The van der Waals surface area contributed by atoms with Crippen molar-refractivity contribution in [2.45, 2.75) is 13.8 Å². The molecule has 0 aliphatic rings. The highest BCUT2D eigenvalue weighted by Crippen LogP contribution is 2.40. The smallest absolute Gasteiger partial charge is 0.411 e. The Kier molecular flexibility index (Phi) is 7.21. The number of hydrogen-bond donors (Lipinski definition) is 1. The van der Waals surface area contributed by atoms with Gasteiger partial charge in [-0.15, -0.1) is 11.3 Å². The van der Waals surface area contributed by atoms with Gasteiger partial charge in [-0.1, -0.05) is 11.6 Å². The van der Waals surface area contributed by atoms with Crippen LogP contribution in [0.2, 0.25) is 5.02 Å². The van der Waals surface area contributed by atoms with Crippen LogP contribution in [0.25, 0.3) is 31.8 Å². The Morgan fingerprint density at radius 3 is 2.76 bits per heavy atom. The van der Waals surface area contributed by atoms with Gasteiger partial charge >= 0.3 is 6.09 Å². The molecule has 5 aromatic rings. The standard InChI is InChI=1S/C26H21ClFN5O4S/c1-13-9-15(23-17(10-13)31-20(35-3)12-30-23)25-33-24-19(38-25)11-18(22(28)21(24)27)36-7-8-37-26(34)32-16-5-4-6-29-14(16)2/h4-6,9-12H,7-8H2,1-3H3,(H,32,34). The molecule has 2 aromatic carbocycles. The molecule has 1 N–H and O–H groups in total. The summed E-state index contributed by atoms with van der Waals surface area (Å²) in [5.41, 5.74) is 4.50. The van der Waals surface area contributed by atoms with Crippen LogP contribution in [0, 0.1) is 19.7 Å². The number of rotatable bonds is 7. The van der Waals surface area contributed by atoms with Crippen LogP contribution in [0.5, 0.6) is 11.6 Å². The van der Waals surface area contributed by atoms with Gasteiger partial charge in [0.25, 0.3) is 0 Å². The molecule has 0 bridgehead atoms. The first kappa shape index (κ1) is 25.6. The zero-order valence-corrected chi connectivity index (χ0v) is 22.1. The normalized spacial score (nSPS) is 11.1. The maximum absolute atomic E-state index is 15.0. The van der Waals surface area contributed by atoms with Gasteiger partial charge in [0.2, 0.25) is 5.88 Å². The van der Waals surface area contributed by atoms with E-state index in [4.69, 9.17) is 25.8 Å². The Labute approximate surface area is 225 Å². The zero-order chi connectivity index (χ0) is 26.8. The lowest BCUT2D eigenvalue weighted by Crippen LogP contribution is -2.18. The van der Waals surface area contributed by atoms with Crippen molar-refractivity contribution < 1.29 is 23.4 Å². The molecule has 9 nitrogen and oxygen atoms in total. The molecule has 0 aliphatic heterocycles. The number of aryl methyl sites for hydroxylation is 2. The molecular weight excluding hydrogens is 533 g/mol. The molecule has 3 heterocycles. The van der Waals surface area contributed by atoms with E-state index in [9.17, 15) is 4.79 Å². The van der Waals surface area contributed by atoms with Gasteiger partial charge in [0.15, 0.2) is 11.6 Å². The van der Waals surface area contributed by atoms with E-state index < -0.39 is 11.9 Å². The maximum Gasteiger partial charge on any atom is 0.411 e. The quantitative estimate of drug-likeness (QED) is 0.232. The summed E-state index contributed by atoms with van der Waals surface area (Å²) in [6.07, 6.45) is 2.49. The maximum atomic E-state index is 15.0. The number of halogens is 2. The van der Waals surface area contributed by atoms with Crippen molar-refractivity contribution in [3.05, 3.63) is 64.8 Å². The molecule has 0 unspecified atom stereocenters. The number of hydrogen-bond acceptors (Lipinski definition) is 9. The number of pyridine rings is 1. The van der Waals surface area contributed by atoms with Crippen LogP contribution in [0.15, 0.2) is 42.7 Å². The van der Waals surface area contributed by atoms with Gasteiger partial charge in [0.1, 0.15) is 28.8 Å². The van der Waals surface area contributed by atoms with Gasteiger partial charge in [-0.05, 0) is 43.7 Å². The number of benzene rings is 2. The number of fused-ring (bicyclic) bond motifs is 2. The van der Waals surface area contributed by atoms with Crippen LogP contribution < -0.4 is 14.8 Å². The summed E-state index contributed by atoms with van der Waals surface area (Å²) in [6.45, 7) is 3.52. The second-order valence-electron chi connectivity index (χ2n) is 8.21. The number of carbonyl (C=O) groups excluding carboxylic acids is 1. The van der Waals surface area contributed by atoms with Gasteiger partial charge < -0.3 is 14.2 Å². The summed E-state index contributed by atoms with van der Waals surface area (Å²) in [5.74, 6) is -0.410. The van der Waals surface area contributed by atoms with E-state index in [2.05, 4.69) is 25.3 Å². The minimum Gasteiger partial charge on any atom is -0.487 e. The van der Waals surface area contributed by atoms with Crippen LogP contribution in [0.1, 0.15) is 11.3 Å². The van der Waals surface area contributed by atoms with Crippen molar-refractivity contribution in [1.29, 1.82) is 0 Å². The monoisotopic (exact) mass is 553 g/mol. The number of thiazole rings is 1. The molecule has 194 valence electrons. The van der Waals surface area contributed by atoms with E-state index in [0.717, 1.165) is 11.1 Å². The fourth-order valence-corrected chi connectivity index (χ4v) is 5.07. The number of amides is 1. The molecule has 12 heteroatoms. The summed E-state index contributed by atoms with van der Waals surface area (Å²) in [4.78, 5) is 29.7. The molecule has 3 aromatic heterocycles. The average molecular weight is 554 g/mol. The highest BCUT2D eigenvalue weighted by Gasteiger charge is 2.20. The van der Waals surface area contributed by atoms with Gasteiger partial charge in [-0.2, -0.15) is 0 Å². The highest BCUT2D eigenvalue weighted by molar-refractivity contribution is 7.21. The van der Waals surface area contributed by atoms with Crippen LogP contribution in [-0.2, 0) is 4.74 Å². The second kappa shape index (κ2) is 10.7. The average Bonchev–Trinajstić information content (AvgIpc) is 3.34. The summed E-state index contributed by atoms with van der Waals surface area (Å²) >= 11 is 7.66. The van der Waals surface area contributed by atoms with E-state index in [1.54, 1.807) is 25.3 Å². The summed E-state index contributed by atoms with van der Waals surface area (Å²) in [5, 5.41) is 3.05. The largest absolute Gasteiger partial charge is 0.487 e. The minimum absolute atomic E-state index is 0.0663. The first-order valence-electron chi connectivity index (χ1n) is 11.4. The van der Waals surface area contributed by atoms with E-state index >= 15 is 4.39 Å². The molecular formula is C26H21ClFN5O4S. The van der Waals surface area contributed by atoms with Gasteiger partial charge in [-0.3, -0.25) is 10.3 Å². The second-order valence-corrected chi connectivity index (χ2v) is 9.62. The minimum atomic E-state index is -0.745. The molecule has 38 heavy (non-hydrogen) atoms. The van der Waals surface area contributed by atoms with Crippen molar-refractivity contribution >= 4 is 56.0 Å². The van der Waals surface area contributed by atoms with Crippen molar-refractivity contribution in [1.82, 2.24) is 19.9 Å². The Bertz CT molecular complexity index is 1680. The van der Waals surface area contributed by atoms with Crippen LogP contribution in [0.4, 0.5) is 14.9 Å². The lowest BCUT2D eigenvalue weighted by molar-refractivity contribution is 0.136. The number of ether oxygens (including phenoxy) is 3. The van der Waals surface area contributed by atoms with Crippen LogP contribution >= 0.6 is 22.9 Å². The Morgan fingerprint density at radius 2 is 1.97 bits per heavy atom. The van der Waals surface area contributed by atoms with Crippen molar-refractivity contribution in [2.75, 3.05) is 25.6 Å². The van der Waals surface area contributed by atoms with Gasteiger partial charge in [-0.25, -0.2) is 24.1 Å². The predicted octanol–water partition coefficient (Wildman–Crippen LogP) is 6.35. The fraction of sp³-hybridized carbons (Fsp3) is 0.192. The number of methoxy groups -OCH3 is 1. The van der Waals surface area contributed by atoms with Crippen LogP contribution in [-0.4, -0.2) is 46.4 Å². The Morgan fingerprint density at radius 1 is 1.13 bits per heavy atom. The molecule has 0 saturated carbocycles. The molecule has 5 rings (SSSR count). The van der Waals surface area contributed by atoms with Gasteiger partial charge in [0, 0.05) is 17.8 Å². The van der Waals surface area contributed by atoms with E-state index in [1.165, 1.54) is 30.7 Å². The third-order valence-corrected chi connectivity index (χ3v) is 6.94. The molecule has 0 atom stereocenters.